The lowest BCUT2D eigenvalue weighted by Gasteiger charge is -2.19. The fourth-order valence-electron chi connectivity index (χ4n) is 3.21. The molecule has 2 aliphatic rings. The van der Waals surface area contributed by atoms with Gasteiger partial charge in [-0.1, -0.05) is 25.0 Å². The highest BCUT2D eigenvalue weighted by Gasteiger charge is 2.49. The van der Waals surface area contributed by atoms with Gasteiger partial charge in [0.1, 0.15) is 0 Å². The molecule has 1 saturated carbocycles. The number of carbonyl (C=O) groups is 2. The van der Waals surface area contributed by atoms with E-state index in [1.807, 2.05) is 30.5 Å². The van der Waals surface area contributed by atoms with Gasteiger partial charge in [-0.05, 0) is 31.2 Å². The molecule has 4 heteroatoms. The number of carbonyl (C=O) groups excluding carboxylic acids is 2. The van der Waals surface area contributed by atoms with E-state index in [0.29, 0.717) is 0 Å². The Kier molecular flexibility index (Phi) is 3.35. The number of para-hydroxylation sites is 1. The fourth-order valence-corrected chi connectivity index (χ4v) is 3.80. The van der Waals surface area contributed by atoms with Crippen LogP contribution in [0.3, 0.4) is 0 Å². The summed E-state index contributed by atoms with van der Waals surface area (Å²) in [5, 5.41) is 0. The Morgan fingerprint density at radius 1 is 1.05 bits per heavy atom. The average Bonchev–Trinajstić information content (AvgIpc) is 2.71. The summed E-state index contributed by atoms with van der Waals surface area (Å²) in [7, 11) is 0. The summed E-state index contributed by atoms with van der Waals surface area (Å²) in [4.78, 5) is 27.5. The van der Waals surface area contributed by atoms with E-state index in [1.165, 1.54) is 4.90 Å². The molecule has 19 heavy (non-hydrogen) atoms. The van der Waals surface area contributed by atoms with E-state index in [2.05, 4.69) is 0 Å². The zero-order valence-corrected chi connectivity index (χ0v) is 11.8. The normalized spacial score (nSPS) is 26.7. The summed E-state index contributed by atoms with van der Waals surface area (Å²) < 4.78 is 0. The summed E-state index contributed by atoms with van der Waals surface area (Å²) in [5.74, 6) is -0.125. The van der Waals surface area contributed by atoms with Gasteiger partial charge in [0.05, 0.1) is 17.5 Å². The van der Waals surface area contributed by atoms with Crippen LogP contribution in [0.5, 0.6) is 0 Å². The second-order valence-corrected chi connectivity index (χ2v) is 6.03. The zero-order valence-electron chi connectivity index (χ0n) is 11.0. The van der Waals surface area contributed by atoms with Gasteiger partial charge in [0.2, 0.25) is 11.8 Å². The van der Waals surface area contributed by atoms with Crippen LogP contribution in [0.15, 0.2) is 29.2 Å². The Morgan fingerprint density at radius 3 is 2.21 bits per heavy atom. The highest BCUT2D eigenvalue weighted by Crippen LogP contribution is 2.42. The molecule has 1 aliphatic carbocycles. The lowest BCUT2D eigenvalue weighted by molar-refractivity contribution is -0.122. The van der Waals surface area contributed by atoms with Crippen LogP contribution in [0.2, 0.25) is 0 Å². The molecule has 0 spiro atoms. The topological polar surface area (TPSA) is 37.4 Å². The maximum absolute atomic E-state index is 12.5. The molecule has 3 rings (SSSR count). The highest BCUT2D eigenvalue weighted by molar-refractivity contribution is 7.98. The number of imide groups is 1. The predicted molar refractivity (Wildman–Crippen MR) is 76.2 cm³/mol. The average molecular weight is 275 g/mol. The number of fused-ring (bicyclic) bond motifs is 1. The molecule has 0 unspecified atom stereocenters. The number of nitrogens with zero attached hydrogens (tertiary/aromatic N) is 1. The van der Waals surface area contributed by atoms with E-state index in [9.17, 15) is 9.59 Å². The molecule has 0 bridgehead atoms. The zero-order chi connectivity index (χ0) is 13.4. The van der Waals surface area contributed by atoms with Crippen molar-refractivity contribution in [3.05, 3.63) is 24.3 Å². The smallest absolute Gasteiger partial charge is 0.237 e. The molecule has 1 heterocycles. The first-order chi connectivity index (χ1) is 9.24. The molecule has 1 saturated heterocycles. The minimum absolute atomic E-state index is 0.0104. The van der Waals surface area contributed by atoms with Gasteiger partial charge in [-0.3, -0.25) is 9.59 Å². The maximum Gasteiger partial charge on any atom is 0.237 e. The first kappa shape index (κ1) is 12.7. The van der Waals surface area contributed by atoms with Crippen molar-refractivity contribution < 1.29 is 9.59 Å². The second kappa shape index (κ2) is 5.00. The van der Waals surface area contributed by atoms with E-state index < -0.39 is 0 Å². The van der Waals surface area contributed by atoms with E-state index in [0.717, 1.165) is 36.3 Å². The molecular formula is C15H17NO2S. The third kappa shape index (κ3) is 1.98. The molecule has 0 N–H and O–H groups in total. The summed E-state index contributed by atoms with van der Waals surface area (Å²) in [5.41, 5.74) is 0.763. The van der Waals surface area contributed by atoms with Gasteiger partial charge in [-0.15, -0.1) is 11.8 Å². The van der Waals surface area contributed by atoms with E-state index >= 15 is 0 Å². The number of thioether (sulfide) groups is 1. The van der Waals surface area contributed by atoms with Crippen molar-refractivity contribution in [2.24, 2.45) is 11.8 Å². The number of hydrogen-bond acceptors (Lipinski definition) is 3. The number of anilines is 1. The fraction of sp³-hybridized carbons (Fsp3) is 0.467. The lowest BCUT2D eigenvalue weighted by Crippen LogP contribution is -2.31. The lowest BCUT2D eigenvalue weighted by atomic mass is 9.81. The van der Waals surface area contributed by atoms with Crippen LogP contribution < -0.4 is 4.90 Å². The van der Waals surface area contributed by atoms with Crippen LogP contribution in [-0.4, -0.2) is 18.1 Å². The molecule has 3 nitrogen and oxygen atoms in total. The third-order valence-corrected chi connectivity index (χ3v) is 4.95. The van der Waals surface area contributed by atoms with Crippen LogP contribution >= 0.6 is 11.8 Å². The standard InChI is InChI=1S/C15H17NO2S/c1-19-13-9-5-4-8-12(13)16-14(17)10-6-2-3-7-11(10)15(16)18/h4-5,8-11H,2-3,6-7H2,1H3/t10-,11-/m1/s1. The molecule has 2 fully saturated rings. The third-order valence-electron chi connectivity index (χ3n) is 4.17. The monoisotopic (exact) mass is 275 g/mol. The Hall–Kier alpha value is -1.29. The molecule has 1 aliphatic heterocycles. The van der Waals surface area contributed by atoms with Gasteiger partial charge in [0, 0.05) is 4.90 Å². The molecule has 2 atom stereocenters. The van der Waals surface area contributed by atoms with Crippen molar-refractivity contribution in [1.29, 1.82) is 0 Å². The van der Waals surface area contributed by atoms with Crippen molar-refractivity contribution in [3.8, 4) is 0 Å². The molecule has 1 aromatic rings. The van der Waals surface area contributed by atoms with E-state index in [4.69, 9.17) is 0 Å². The van der Waals surface area contributed by atoms with Gasteiger partial charge < -0.3 is 0 Å². The Labute approximate surface area is 117 Å². The van der Waals surface area contributed by atoms with Crippen molar-refractivity contribution >= 4 is 29.3 Å². The van der Waals surface area contributed by atoms with Crippen molar-refractivity contribution in [2.75, 3.05) is 11.2 Å². The first-order valence-corrected chi connectivity index (χ1v) is 7.97. The largest absolute Gasteiger partial charge is 0.274 e. The molecule has 100 valence electrons. The Morgan fingerprint density at radius 2 is 1.63 bits per heavy atom. The van der Waals surface area contributed by atoms with Gasteiger partial charge in [0.25, 0.3) is 0 Å². The summed E-state index contributed by atoms with van der Waals surface area (Å²) >= 11 is 1.57. The molecule has 0 radical (unpaired) electrons. The van der Waals surface area contributed by atoms with Crippen LogP contribution in [0.4, 0.5) is 5.69 Å². The minimum Gasteiger partial charge on any atom is -0.274 e. The summed E-state index contributed by atoms with van der Waals surface area (Å²) in [6.07, 6.45) is 5.84. The molecule has 1 aromatic carbocycles. The van der Waals surface area contributed by atoms with Crippen LogP contribution in [0, 0.1) is 11.8 Å². The summed E-state index contributed by atoms with van der Waals surface area (Å²) in [6, 6.07) is 7.66. The number of rotatable bonds is 2. The highest BCUT2D eigenvalue weighted by atomic mass is 32.2. The quantitative estimate of drug-likeness (QED) is 0.615. The van der Waals surface area contributed by atoms with E-state index in [1.54, 1.807) is 11.8 Å². The maximum atomic E-state index is 12.5. The van der Waals surface area contributed by atoms with Crippen molar-refractivity contribution in [2.45, 2.75) is 30.6 Å². The number of amides is 2. The van der Waals surface area contributed by atoms with Crippen LogP contribution in [-0.2, 0) is 9.59 Å². The van der Waals surface area contributed by atoms with Crippen LogP contribution in [0.25, 0.3) is 0 Å². The minimum atomic E-state index is -0.0730. The van der Waals surface area contributed by atoms with Crippen LogP contribution in [0.1, 0.15) is 25.7 Å². The number of hydrogen-bond donors (Lipinski definition) is 0. The van der Waals surface area contributed by atoms with Gasteiger partial charge in [0.15, 0.2) is 0 Å². The Bertz CT molecular complexity index is 505. The predicted octanol–water partition coefficient (Wildman–Crippen LogP) is 3.09. The van der Waals surface area contributed by atoms with Gasteiger partial charge in [-0.25, -0.2) is 4.90 Å². The van der Waals surface area contributed by atoms with Crippen molar-refractivity contribution in [1.82, 2.24) is 0 Å². The summed E-state index contributed by atoms with van der Waals surface area (Å²) in [6.45, 7) is 0. The molecular weight excluding hydrogens is 258 g/mol. The first-order valence-electron chi connectivity index (χ1n) is 6.75. The Balaban J connectivity index is 2.00. The van der Waals surface area contributed by atoms with Crippen molar-refractivity contribution in [3.63, 3.8) is 0 Å². The number of benzene rings is 1. The van der Waals surface area contributed by atoms with E-state index in [-0.39, 0.29) is 23.7 Å². The molecule has 2 amide bonds. The SMILES string of the molecule is CSc1ccccc1N1C(=O)[C@@H]2CCCC[C@H]2C1=O. The molecule has 0 aromatic heterocycles. The second-order valence-electron chi connectivity index (χ2n) is 5.18. The van der Waals surface area contributed by atoms with Gasteiger partial charge in [-0.2, -0.15) is 0 Å². The van der Waals surface area contributed by atoms with Gasteiger partial charge >= 0.3 is 0 Å².